The summed E-state index contributed by atoms with van der Waals surface area (Å²) >= 11 is 12.0. The lowest BCUT2D eigenvalue weighted by molar-refractivity contribution is -0.134. The van der Waals surface area contributed by atoms with Gasteiger partial charge in [-0.25, -0.2) is 8.42 Å². The lowest BCUT2D eigenvalue weighted by Crippen LogP contribution is -2.19. The number of ether oxygens (including phenoxy) is 1. The molecule has 6 nitrogen and oxygen atoms in total. The normalized spacial score (nSPS) is 11.6. The zero-order chi connectivity index (χ0) is 20.3. The summed E-state index contributed by atoms with van der Waals surface area (Å²) in [5.41, 5.74) is 2.02. The predicted octanol–water partition coefficient (Wildman–Crippen LogP) is 4.36. The van der Waals surface area contributed by atoms with Gasteiger partial charge in [-0.15, -0.1) is 0 Å². The van der Waals surface area contributed by atoms with E-state index in [0.717, 1.165) is 10.9 Å². The minimum Gasteiger partial charge on any atom is -0.489 e. The molecule has 0 radical (unpaired) electrons. The van der Waals surface area contributed by atoms with Gasteiger partial charge in [0.05, 0.1) is 12.0 Å². The van der Waals surface area contributed by atoms with E-state index in [0.29, 0.717) is 26.9 Å². The molecule has 3 aromatic rings. The van der Waals surface area contributed by atoms with E-state index in [-0.39, 0.29) is 18.8 Å². The molecule has 0 aliphatic heterocycles. The van der Waals surface area contributed by atoms with E-state index in [1.807, 2.05) is 0 Å². The number of carboxylic acid groups (broad SMARTS) is 1. The largest absolute Gasteiger partial charge is 0.489 e. The van der Waals surface area contributed by atoms with E-state index in [9.17, 15) is 13.2 Å². The Bertz CT molecular complexity index is 1120. The molecule has 1 aromatic heterocycles. The van der Waals surface area contributed by atoms with Crippen LogP contribution in [0.2, 0.25) is 10.0 Å². The van der Waals surface area contributed by atoms with Crippen molar-refractivity contribution in [3.8, 4) is 5.75 Å². The number of benzene rings is 2. The van der Waals surface area contributed by atoms with Crippen LogP contribution in [0.4, 0.5) is 0 Å². The van der Waals surface area contributed by atoms with Crippen molar-refractivity contribution in [2.45, 2.75) is 13.0 Å². The number of rotatable bonds is 8. The first-order valence-corrected chi connectivity index (χ1v) is 10.8. The van der Waals surface area contributed by atoms with Crippen LogP contribution in [0.1, 0.15) is 11.1 Å². The Labute approximate surface area is 171 Å². The second kappa shape index (κ2) is 8.43. The van der Waals surface area contributed by atoms with Crippen molar-refractivity contribution in [3.05, 3.63) is 63.8 Å². The predicted molar refractivity (Wildman–Crippen MR) is 107 cm³/mol. The van der Waals surface area contributed by atoms with Crippen molar-refractivity contribution >= 4 is 50.0 Å². The summed E-state index contributed by atoms with van der Waals surface area (Å²) in [5, 5.41) is 10.5. The molecule has 0 amide bonds. The third kappa shape index (κ3) is 5.19. The van der Waals surface area contributed by atoms with Gasteiger partial charge in [0.15, 0.2) is 9.84 Å². The minimum atomic E-state index is -3.67. The van der Waals surface area contributed by atoms with Gasteiger partial charge in [-0.3, -0.25) is 4.79 Å². The summed E-state index contributed by atoms with van der Waals surface area (Å²) in [6.07, 6.45) is 1.64. The Morgan fingerprint density at radius 3 is 2.61 bits per heavy atom. The van der Waals surface area contributed by atoms with Gasteiger partial charge in [-0.05, 0) is 36.2 Å². The van der Waals surface area contributed by atoms with Crippen molar-refractivity contribution in [2.75, 3.05) is 11.5 Å². The summed E-state index contributed by atoms with van der Waals surface area (Å²) in [6.45, 7) is 0.252. The second-order valence-corrected chi connectivity index (χ2v) is 9.21. The van der Waals surface area contributed by atoms with E-state index in [2.05, 4.69) is 0 Å². The maximum absolute atomic E-state index is 11.7. The van der Waals surface area contributed by atoms with E-state index >= 15 is 0 Å². The van der Waals surface area contributed by atoms with Gasteiger partial charge in [0.25, 0.3) is 0 Å². The summed E-state index contributed by atoms with van der Waals surface area (Å²) in [6, 6.07) is 10.4. The highest BCUT2D eigenvalue weighted by atomic mass is 35.5. The molecule has 0 aliphatic rings. The quantitative estimate of drug-likeness (QED) is 0.556. The van der Waals surface area contributed by atoms with Crippen LogP contribution in [0.5, 0.6) is 5.75 Å². The molecule has 0 atom stereocenters. The second-order valence-electron chi connectivity index (χ2n) is 6.18. The molecule has 0 spiro atoms. The Morgan fingerprint density at radius 1 is 1.11 bits per heavy atom. The molecule has 0 bridgehead atoms. The fourth-order valence-corrected chi connectivity index (χ4v) is 4.19. The Balaban J connectivity index is 1.69. The number of hydrogen-bond donors (Lipinski definition) is 1. The molecule has 0 fully saturated rings. The first-order valence-electron chi connectivity index (χ1n) is 8.22. The summed E-state index contributed by atoms with van der Waals surface area (Å²) in [4.78, 5) is 10.6. The van der Waals surface area contributed by atoms with Crippen LogP contribution in [-0.4, -0.2) is 31.0 Å². The third-order valence-corrected chi connectivity index (χ3v) is 6.16. The van der Waals surface area contributed by atoms with Gasteiger partial charge >= 0.3 is 5.97 Å². The first-order chi connectivity index (χ1) is 13.2. The number of furan rings is 1. The molecule has 0 aliphatic carbocycles. The topological polar surface area (TPSA) is 93.8 Å². The molecule has 3 rings (SSSR count). The van der Waals surface area contributed by atoms with Gasteiger partial charge in [0, 0.05) is 27.1 Å². The number of carboxylic acids is 1. The van der Waals surface area contributed by atoms with Crippen LogP contribution >= 0.6 is 23.2 Å². The molecule has 9 heteroatoms. The van der Waals surface area contributed by atoms with Crippen LogP contribution in [0, 0.1) is 0 Å². The van der Waals surface area contributed by atoms with Gasteiger partial charge in [0.1, 0.15) is 23.7 Å². The highest BCUT2D eigenvalue weighted by Crippen LogP contribution is 2.28. The Kier molecular flexibility index (Phi) is 6.17. The van der Waals surface area contributed by atoms with E-state index < -0.39 is 21.6 Å². The van der Waals surface area contributed by atoms with Gasteiger partial charge in [-0.2, -0.15) is 0 Å². The monoisotopic (exact) mass is 442 g/mol. The number of aliphatic carboxylic acids is 1. The number of carbonyl (C=O) groups is 1. The molecule has 0 saturated heterocycles. The molecule has 0 unspecified atom stereocenters. The summed E-state index contributed by atoms with van der Waals surface area (Å²) in [7, 11) is -3.67. The number of sulfone groups is 1. The SMILES string of the molecule is O=C(O)CS(=O)(=O)CCc1coc2cc(OCc3ccc(Cl)cc3Cl)ccc12. The van der Waals surface area contributed by atoms with Crippen molar-refractivity contribution in [2.24, 2.45) is 0 Å². The maximum atomic E-state index is 11.7. The highest BCUT2D eigenvalue weighted by molar-refractivity contribution is 7.92. The summed E-state index contributed by atoms with van der Waals surface area (Å²) < 4.78 is 34.7. The number of hydrogen-bond acceptors (Lipinski definition) is 5. The maximum Gasteiger partial charge on any atom is 0.318 e. The molecule has 2 aromatic carbocycles. The zero-order valence-corrected chi connectivity index (χ0v) is 16.9. The van der Waals surface area contributed by atoms with E-state index in [1.165, 1.54) is 6.26 Å². The first kappa shape index (κ1) is 20.5. The average Bonchev–Trinajstić information content (AvgIpc) is 3.00. The number of halogens is 2. The number of fused-ring (bicyclic) bond motifs is 1. The number of aryl methyl sites for hydroxylation is 1. The lowest BCUT2D eigenvalue weighted by atomic mass is 10.1. The fourth-order valence-electron chi connectivity index (χ4n) is 2.67. The minimum absolute atomic E-state index is 0.170. The van der Waals surface area contributed by atoms with E-state index in [1.54, 1.807) is 36.4 Å². The standard InChI is InChI=1S/C19H16Cl2O6S/c20-14-2-1-13(17(21)7-14)10-26-15-3-4-16-12(9-27-18(16)8-15)5-6-28(24,25)11-19(22)23/h1-4,7-9H,5-6,10-11H2,(H,22,23). The smallest absolute Gasteiger partial charge is 0.318 e. The van der Waals surface area contributed by atoms with Gasteiger partial charge < -0.3 is 14.3 Å². The van der Waals surface area contributed by atoms with Crippen LogP contribution in [-0.2, 0) is 27.7 Å². The van der Waals surface area contributed by atoms with Crippen molar-refractivity contribution < 1.29 is 27.5 Å². The van der Waals surface area contributed by atoms with Crippen molar-refractivity contribution in [3.63, 3.8) is 0 Å². The van der Waals surface area contributed by atoms with Crippen LogP contribution < -0.4 is 4.74 Å². The van der Waals surface area contributed by atoms with E-state index in [4.69, 9.17) is 37.5 Å². The molecule has 28 heavy (non-hydrogen) atoms. The molecule has 1 heterocycles. The molecule has 0 saturated carbocycles. The summed E-state index contributed by atoms with van der Waals surface area (Å²) in [5.74, 6) is -1.94. The third-order valence-electron chi connectivity index (χ3n) is 4.06. The molecule has 148 valence electrons. The highest BCUT2D eigenvalue weighted by Gasteiger charge is 2.17. The Morgan fingerprint density at radius 2 is 1.89 bits per heavy atom. The average molecular weight is 443 g/mol. The fraction of sp³-hybridized carbons (Fsp3) is 0.211. The zero-order valence-electron chi connectivity index (χ0n) is 14.5. The van der Waals surface area contributed by atoms with Gasteiger partial charge in [0.2, 0.25) is 0 Å². The molecular weight excluding hydrogens is 427 g/mol. The van der Waals surface area contributed by atoms with Gasteiger partial charge in [-0.1, -0.05) is 29.3 Å². The van der Waals surface area contributed by atoms with Crippen molar-refractivity contribution in [1.82, 2.24) is 0 Å². The van der Waals surface area contributed by atoms with Crippen LogP contribution in [0.3, 0.4) is 0 Å². The molecule has 1 N–H and O–H groups in total. The Hall–Kier alpha value is -2.22. The molecular formula is C19H16Cl2O6S. The van der Waals surface area contributed by atoms with Crippen molar-refractivity contribution in [1.29, 1.82) is 0 Å². The van der Waals surface area contributed by atoms with Crippen LogP contribution in [0.15, 0.2) is 47.1 Å². The van der Waals surface area contributed by atoms with Crippen LogP contribution in [0.25, 0.3) is 11.0 Å². The lowest BCUT2D eigenvalue weighted by Gasteiger charge is -2.08.